The Morgan fingerprint density at radius 2 is 2.39 bits per heavy atom. The molecular formula is C13H20N2O2S. The largest absolute Gasteiger partial charge is 0.481 e. The molecule has 5 heteroatoms. The zero-order valence-electron chi connectivity index (χ0n) is 10.8. The molecule has 1 fully saturated rings. The minimum Gasteiger partial charge on any atom is -0.481 e. The SMILES string of the molecule is CCCCN(c1nc(CCC(=O)O)cs1)C1CC1. The van der Waals surface area contributed by atoms with E-state index in [9.17, 15) is 4.79 Å². The van der Waals surface area contributed by atoms with E-state index in [1.54, 1.807) is 11.3 Å². The fraction of sp³-hybridized carbons (Fsp3) is 0.692. The molecule has 0 bridgehead atoms. The van der Waals surface area contributed by atoms with Crippen LogP contribution in [-0.2, 0) is 11.2 Å². The molecule has 4 nitrogen and oxygen atoms in total. The first-order valence-corrected chi connectivity index (χ1v) is 7.51. The molecule has 1 aromatic rings. The highest BCUT2D eigenvalue weighted by Crippen LogP contribution is 2.33. The molecule has 2 rings (SSSR count). The summed E-state index contributed by atoms with van der Waals surface area (Å²) in [5.74, 6) is -0.755. The highest BCUT2D eigenvalue weighted by Gasteiger charge is 2.30. The molecule has 1 aromatic heterocycles. The number of hydrogen-bond donors (Lipinski definition) is 1. The summed E-state index contributed by atoms with van der Waals surface area (Å²) >= 11 is 1.65. The Labute approximate surface area is 112 Å². The summed E-state index contributed by atoms with van der Waals surface area (Å²) in [5, 5.41) is 11.7. The normalized spacial score (nSPS) is 14.7. The summed E-state index contributed by atoms with van der Waals surface area (Å²) in [6.45, 7) is 3.28. The maximum atomic E-state index is 10.5. The van der Waals surface area contributed by atoms with Crippen LogP contribution < -0.4 is 4.90 Å². The lowest BCUT2D eigenvalue weighted by atomic mass is 10.2. The Balaban J connectivity index is 1.95. The van der Waals surface area contributed by atoms with Crippen LogP contribution in [-0.4, -0.2) is 28.6 Å². The number of nitrogens with zero attached hydrogens (tertiary/aromatic N) is 2. The second-order valence-electron chi connectivity index (χ2n) is 4.79. The summed E-state index contributed by atoms with van der Waals surface area (Å²) < 4.78 is 0. The number of carboxylic acids is 1. The van der Waals surface area contributed by atoms with E-state index in [4.69, 9.17) is 5.11 Å². The first-order valence-electron chi connectivity index (χ1n) is 6.63. The molecule has 18 heavy (non-hydrogen) atoms. The molecule has 1 aliphatic carbocycles. The number of aromatic nitrogens is 1. The van der Waals surface area contributed by atoms with Crippen LogP contribution in [0.1, 0.15) is 44.7 Å². The van der Waals surface area contributed by atoms with E-state index >= 15 is 0 Å². The van der Waals surface area contributed by atoms with E-state index in [2.05, 4.69) is 16.8 Å². The fourth-order valence-electron chi connectivity index (χ4n) is 1.93. The molecule has 1 saturated carbocycles. The first kappa shape index (κ1) is 13.3. The van der Waals surface area contributed by atoms with Gasteiger partial charge in [0.05, 0.1) is 12.1 Å². The number of anilines is 1. The lowest BCUT2D eigenvalue weighted by molar-refractivity contribution is -0.136. The maximum absolute atomic E-state index is 10.5. The monoisotopic (exact) mass is 268 g/mol. The molecular weight excluding hydrogens is 248 g/mol. The zero-order chi connectivity index (χ0) is 13.0. The molecule has 1 aliphatic rings. The van der Waals surface area contributed by atoms with Gasteiger partial charge in [0.15, 0.2) is 5.13 Å². The predicted octanol–water partition coefficient (Wildman–Crippen LogP) is 2.93. The molecule has 0 aliphatic heterocycles. The number of hydrogen-bond acceptors (Lipinski definition) is 4. The van der Waals surface area contributed by atoms with E-state index in [-0.39, 0.29) is 6.42 Å². The summed E-state index contributed by atoms with van der Waals surface area (Å²) in [6.07, 6.45) is 5.64. The number of aliphatic carboxylic acids is 1. The molecule has 100 valence electrons. The molecule has 0 radical (unpaired) electrons. The van der Waals surface area contributed by atoms with Crippen molar-refractivity contribution in [3.63, 3.8) is 0 Å². The third-order valence-corrected chi connectivity index (χ3v) is 4.05. The molecule has 1 heterocycles. The molecule has 1 N–H and O–H groups in total. The minimum absolute atomic E-state index is 0.168. The van der Waals surface area contributed by atoms with Crippen molar-refractivity contribution in [2.24, 2.45) is 0 Å². The van der Waals surface area contributed by atoms with Crippen molar-refractivity contribution in [1.82, 2.24) is 4.98 Å². The van der Waals surface area contributed by atoms with Gasteiger partial charge < -0.3 is 10.0 Å². The Morgan fingerprint density at radius 1 is 1.61 bits per heavy atom. The van der Waals surface area contributed by atoms with Gasteiger partial charge in [0.1, 0.15) is 0 Å². The number of aryl methyl sites for hydroxylation is 1. The Kier molecular flexibility index (Phi) is 4.58. The highest BCUT2D eigenvalue weighted by atomic mass is 32.1. The topological polar surface area (TPSA) is 53.4 Å². The van der Waals surface area contributed by atoms with Crippen molar-refractivity contribution in [3.8, 4) is 0 Å². The molecule has 0 unspecified atom stereocenters. The lowest BCUT2D eigenvalue weighted by Crippen LogP contribution is -2.26. The van der Waals surface area contributed by atoms with Gasteiger partial charge in [-0.3, -0.25) is 4.79 Å². The lowest BCUT2D eigenvalue weighted by Gasteiger charge is -2.20. The van der Waals surface area contributed by atoms with Gasteiger partial charge in [-0.25, -0.2) is 4.98 Å². The molecule has 0 saturated heterocycles. The van der Waals surface area contributed by atoms with Crippen LogP contribution in [0.15, 0.2) is 5.38 Å². The molecule has 0 spiro atoms. The van der Waals surface area contributed by atoms with Crippen molar-refractivity contribution in [3.05, 3.63) is 11.1 Å². The number of carboxylic acid groups (broad SMARTS) is 1. The van der Waals surface area contributed by atoms with Gasteiger partial charge in [-0.15, -0.1) is 11.3 Å². The van der Waals surface area contributed by atoms with Crippen LogP contribution in [0.25, 0.3) is 0 Å². The van der Waals surface area contributed by atoms with Crippen LogP contribution in [0.2, 0.25) is 0 Å². The second kappa shape index (κ2) is 6.18. The van der Waals surface area contributed by atoms with Crippen LogP contribution >= 0.6 is 11.3 Å². The van der Waals surface area contributed by atoms with Crippen molar-refractivity contribution in [1.29, 1.82) is 0 Å². The number of thiazole rings is 1. The maximum Gasteiger partial charge on any atom is 0.303 e. The van der Waals surface area contributed by atoms with Crippen molar-refractivity contribution in [2.75, 3.05) is 11.4 Å². The van der Waals surface area contributed by atoms with Gasteiger partial charge >= 0.3 is 5.97 Å². The summed E-state index contributed by atoms with van der Waals surface area (Å²) in [6, 6.07) is 0.676. The Morgan fingerprint density at radius 3 is 3.00 bits per heavy atom. The van der Waals surface area contributed by atoms with E-state index < -0.39 is 5.97 Å². The van der Waals surface area contributed by atoms with Crippen molar-refractivity contribution in [2.45, 2.75) is 51.5 Å². The fourth-order valence-corrected chi connectivity index (χ4v) is 2.88. The van der Waals surface area contributed by atoms with Crippen molar-refractivity contribution >= 4 is 22.4 Å². The third-order valence-electron chi connectivity index (χ3n) is 3.12. The van der Waals surface area contributed by atoms with E-state index in [1.165, 1.54) is 25.7 Å². The standard InChI is InChI=1S/C13H20N2O2S/c1-2-3-8-15(11-5-6-11)13-14-10(9-18-13)4-7-12(16)17/h9,11H,2-8H2,1H3,(H,16,17). The smallest absolute Gasteiger partial charge is 0.303 e. The van der Waals surface area contributed by atoms with Crippen molar-refractivity contribution < 1.29 is 9.90 Å². The van der Waals surface area contributed by atoms with E-state index in [1.807, 2.05) is 5.38 Å². The van der Waals surface area contributed by atoms with Gasteiger partial charge in [-0.1, -0.05) is 13.3 Å². The Hall–Kier alpha value is -1.10. The third kappa shape index (κ3) is 3.70. The average Bonchev–Trinajstić information content (AvgIpc) is 3.06. The van der Waals surface area contributed by atoms with Gasteiger partial charge in [0.25, 0.3) is 0 Å². The van der Waals surface area contributed by atoms with Crippen LogP contribution in [0, 0.1) is 0 Å². The van der Waals surface area contributed by atoms with Crippen LogP contribution in [0.3, 0.4) is 0 Å². The van der Waals surface area contributed by atoms with E-state index in [0.29, 0.717) is 12.5 Å². The minimum atomic E-state index is -0.755. The summed E-state index contributed by atoms with van der Waals surface area (Å²) in [5.41, 5.74) is 0.916. The highest BCUT2D eigenvalue weighted by molar-refractivity contribution is 7.13. The molecule has 0 atom stereocenters. The van der Waals surface area contributed by atoms with Gasteiger partial charge in [0.2, 0.25) is 0 Å². The second-order valence-corrected chi connectivity index (χ2v) is 5.63. The Bertz CT molecular complexity index is 401. The molecule has 0 aromatic carbocycles. The number of rotatable bonds is 8. The first-order chi connectivity index (χ1) is 8.70. The van der Waals surface area contributed by atoms with Crippen LogP contribution in [0.4, 0.5) is 5.13 Å². The van der Waals surface area contributed by atoms with Gasteiger partial charge in [-0.05, 0) is 19.3 Å². The number of carbonyl (C=O) groups is 1. The zero-order valence-corrected chi connectivity index (χ0v) is 11.6. The quantitative estimate of drug-likeness (QED) is 0.787. The predicted molar refractivity (Wildman–Crippen MR) is 73.3 cm³/mol. The van der Waals surface area contributed by atoms with Crippen LogP contribution in [0.5, 0.6) is 0 Å². The number of unbranched alkanes of at least 4 members (excludes halogenated alkanes) is 1. The van der Waals surface area contributed by atoms with E-state index in [0.717, 1.165) is 17.4 Å². The van der Waals surface area contributed by atoms with Gasteiger partial charge in [-0.2, -0.15) is 0 Å². The summed E-state index contributed by atoms with van der Waals surface area (Å²) in [4.78, 5) is 17.5. The summed E-state index contributed by atoms with van der Waals surface area (Å²) in [7, 11) is 0. The average molecular weight is 268 g/mol. The van der Waals surface area contributed by atoms with Gasteiger partial charge in [0, 0.05) is 24.4 Å². The molecule has 0 amide bonds.